The molecule has 0 radical (unpaired) electrons. The summed E-state index contributed by atoms with van der Waals surface area (Å²) in [5.41, 5.74) is 0. The SMILES string of the molecule is C/C=C/CC/C=C/CC/C=C/C(O)C(CO)NC(=O)CCCCCCCCCCCCCCCCCCCCCCCCCCCC/C=C\C/C=C\C/C=C\CCCCCCC. The van der Waals surface area contributed by atoms with Crippen molar-refractivity contribution in [3.8, 4) is 0 Å². The first-order chi connectivity index (χ1) is 30.7. The summed E-state index contributed by atoms with van der Waals surface area (Å²) in [6.45, 7) is 4.05. The molecule has 0 aliphatic carbocycles. The van der Waals surface area contributed by atoms with Crippen molar-refractivity contribution in [2.24, 2.45) is 0 Å². The molecule has 0 saturated heterocycles. The van der Waals surface area contributed by atoms with Crippen molar-refractivity contribution in [2.75, 3.05) is 6.61 Å². The van der Waals surface area contributed by atoms with Crippen molar-refractivity contribution in [2.45, 2.75) is 283 Å². The topological polar surface area (TPSA) is 69.6 Å². The van der Waals surface area contributed by atoms with Crippen molar-refractivity contribution in [1.82, 2.24) is 5.32 Å². The molecule has 3 N–H and O–H groups in total. The highest BCUT2D eigenvalue weighted by Gasteiger charge is 2.17. The normalized spacial score (nSPS) is 13.4. The van der Waals surface area contributed by atoms with Crippen LogP contribution in [0.25, 0.3) is 0 Å². The van der Waals surface area contributed by atoms with E-state index in [9.17, 15) is 15.0 Å². The maximum Gasteiger partial charge on any atom is 0.220 e. The Morgan fingerprint density at radius 2 is 0.742 bits per heavy atom. The summed E-state index contributed by atoms with van der Waals surface area (Å²) in [5, 5.41) is 22.9. The number of nitrogens with one attached hydrogen (secondary N) is 1. The predicted molar refractivity (Wildman–Crippen MR) is 276 cm³/mol. The lowest BCUT2D eigenvalue weighted by molar-refractivity contribution is -0.123. The number of amides is 1. The molecule has 2 atom stereocenters. The van der Waals surface area contributed by atoms with Crippen LogP contribution in [0.4, 0.5) is 0 Å². The molecule has 4 heteroatoms. The smallest absolute Gasteiger partial charge is 0.220 e. The molecule has 360 valence electrons. The summed E-state index contributed by atoms with van der Waals surface area (Å²) in [5.74, 6) is -0.0793. The van der Waals surface area contributed by atoms with E-state index in [2.05, 4.69) is 73.0 Å². The number of carbonyl (C=O) groups is 1. The zero-order valence-electron chi connectivity index (χ0n) is 41.4. The third kappa shape index (κ3) is 48.9. The Labute approximate surface area is 387 Å². The van der Waals surface area contributed by atoms with Crippen LogP contribution in [-0.4, -0.2) is 34.9 Å². The average molecular weight is 864 g/mol. The fourth-order valence-electron chi connectivity index (χ4n) is 8.11. The first-order valence-electron chi connectivity index (χ1n) is 27.1. The number of unbranched alkanes of at least 4 members (excludes halogenated alkanes) is 33. The number of aliphatic hydroxyl groups excluding tert-OH is 2. The first kappa shape index (κ1) is 59.8. The highest BCUT2D eigenvalue weighted by molar-refractivity contribution is 5.76. The van der Waals surface area contributed by atoms with Gasteiger partial charge in [0, 0.05) is 6.42 Å². The Balaban J connectivity index is 3.37. The molecule has 0 aliphatic heterocycles. The molecule has 1 amide bonds. The third-order valence-electron chi connectivity index (χ3n) is 12.2. The van der Waals surface area contributed by atoms with Gasteiger partial charge in [0.25, 0.3) is 0 Å². The van der Waals surface area contributed by atoms with Gasteiger partial charge in [0.05, 0.1) is 18.8 Å². The van der Waals surface area contributed by atoms with Gasteiger partial charge in [-0.2, -0.15) is 0 Å². The minimum absolute atomic E-state index is 0.0793. The first-order valence-corrected chi connectivity index (χ1v) is 27.1. The standard InChI is InChI=1S/C58H105NO3/c1-3-5-7-9-11-13-14-15-16-17-18-19-20-21-22-23-24-25-26-27-28-29-30-31-32-33-34-35-36-37-38-39-40-41-42-43-44-46-48-50-52-54-58(62)59-56(55-60)57(61)53-51-49-47-45-12-10-8-6-4-2/h4,6,12,14-15,17-18,20-21,45,51,53,56-57,60-61H,3,5,7-11,13,16,19,22-44,46-50,52,54-55H2,1-2H3,(H,59,62)/b6-4+,15-14-,18-17-,21-20-,45-12+,53-51+. The van der Waals surface area contributed by atoms with Gasteiger partial charge in [0.15, 0.2) is 0 Å². The van der Waals surface area contributed by atoms with E-state index >= 15 is 0 Å². The summed E-state index contributed by atoms with van der Waals surface area (Å²) in [6, 6.07) is -0.643. The summed E-state index contributed by atoms with van der Waals surface area (Å²) in [7, 11) is 0. The number of hydrogen-bond donors (Lipinski definition) is 3. The van der Waals surface area contributed by atoms with E-state index in [1.807, 2.05) is 13.0 Å². The van der Waals surface area contributed by atoms with E-state index in [1.54, 1.807) is 6.08 Å². The maximum atomic E-state index is 12.4. The molecular formula is C58H105NO3. The van der Waals surface area contributed by atoms with Crippen molar-refractivity contribution in [3.05, 3.63) is 72.9 Å². The number of allylic oxidation sites excluding steroid dienone is 11. The molecule has 0 aromatic heterocycles. The van der Waals surface area contributed by atoms with Gasteiger partial charge in [-0.3, -0.25) is 4.79 Å². The van der Waals surface area contributed by atoms with Crippen LogP contribution in [0.1, 0.15) is 271 Å². The van der Waals surface area contributed by atoms with Crippen LogP contribution >= 0.6 is 0 Å². The second-order valence-electron chi connectivity index (χ2n) is 18.3. The Morgan fingerprint density at radius 3 is 1.13 bits per heavy atom. The zero-order valence-corrected chi connectivity index (χ0v) is 41.4. The third-order valence-corrected chi connectivity index (χ3v) is 12.2. The monoisotopic (exact) mass is 864 g/mol. The lowest BCUT2D eigenvalue weighted by Gasteiger charge is -2.19. The largest absolute Gasteiger partial charge is 0.394 e. The van der Waals surface area contributed by atoms with E-state index in [0.29, 0.717) is 6.42 Å². The van der Waals surface area contributed by atoms with Crippen LogP contribution in [0.5, 0.6) is 0 Å². The average Bonchev–Trinajstić information content (AvgIpc) is 3.28. The van der Waals surface area contributed by atoms with Crippen molar-refractivity contribution < 1.29 is 15.0 Å². The van der Waals surface area contributed by atoms with Gasteiger partial charge in [-0.05, 0) is 77.6 Å². The van der Waals surface area contributed by atoms with Crippen LogP contribution < -0.4 is 5.32 Å². The highest BCUT2D eigenvalue weighted by Crippen LogP contribution is 2.17. The van der Waals surface area contributed by atoms with Crippen LogP contribution in [0.15, 0.2) is 72.9 Å². The molecular weight excluding hydrogens is 759 g/mol. The molecule has 0 heterocycles. The van der Waals surface area contributed by atoms with Crippen molar-refractivity contribution in [3.63, 3.8) is 0 Å². The highest BCUT2D eigenvalue weighted by atomic mass is 16.3. The lowest BCUT2D eigenvalue weighted by Crippen LogP contribution is -2.45. The van der Waals surface area contributed by atoms with Gasteiger partial charge in [-0.15, -0.1) is 0 Å². The summed E-state index contributed by atoms with van der Waals surface area (Å²) < 4.78 is 0. The molecule has 0 aromatic rings. The predicted octanol–water partition coefficient (Wildman–Crippen LogP) is 17.8. The summed E-state index contributed by atoms with van der Waals surface area (Å²) in [4.78, 5) is 12.4. The van der Waals surface area contributed by atoms with Gasteiger partial charge in [-0.1, -0.05) is 260 Å². The number of hydrogen-bond acceptors (Lipinski definition) is 3. The van der Waals surface area contributed by atoms with E-state index in [4.69, 9.17) is 0 Å². The van der Waals surface area contributed by atoms with Gasteiger partial charge in [0.2, 0.25) is 5.91 Å². The second-order valence-corrected chi connectivity index (χ2v) is 18.3. The second kappa shape index (κ2) is 53.2. The van der Waals surface area contributed by atoms with E-state index in [-0.39, 0.29) is 12.5 Å². The number of carbonyl (C=O) groups excluding carboxylic acids is 1. The summed E-state index contributed by atoms with van der Waals surface area (Å²) in [6.07, 6.45) is 76.8. The van der Waals surface area contributed by atoms with Gasteiger partial charge < -0.3 is 15.5 Å². The zero-order chi connectivity index (χ0) is 44.9. The quantitative estimate of drug-likeness (QED) is 0.0421. The number of rotatable bonds is 49. The van der Waals surface area contributed by atoms with Gasteiger partial charge in [0.1, 0.15) is 0 Å². The fraction of sp³-hybridized carbons (Fsp3) is 0.776. The Morgan fingerprint density at radius 1 is 0.419 bits per heavy atom. The molecule has 2 unspecified atom stereocenters. The van der Waals surface area contributed by atoms with Crippen LogP contribution in [0, 0.1) is 0 Å². The molecule has 0 bridgehead atoms. The van der Waals surface area contributed by atoms with Crippen LogP contribution in [0.2, 0.25) is 0 Å². The van der Waals surface area contributed by atoms with E-state index in [1.165, 1.54) is 199 Å². The molecule has 0 spiro atoms. The molecule has 4 nitrogen and oxygen atoms in total. The molecule has 0 fully saturated rings. The number of aliphatic hydroxyl groups is 2. The van der Waals surface area contributed by atoms with Crippen LogP contribution in [-0.2, 0) is 4.79 Å². The van der Waals surface area contributed by atoms with Crippen molar-refractivity contribution >= 4 is 5.91 Å². The molecule has 62 heavy (non-hydrogen) atoms. The molecule has 0 aliphatic rings. The van der Waals surface area contributed by atoms with E-state index < -0.39 is 12.1 Å². The minimum Gasteiger partial charge on any atom is -0.394 e. The fourth-order valence-corrected chi connectivity index (χ4v) is 8.11. The molecule has 0 aromatic carbocycles. The minimum atomic E-state index is -0.868. The maximum absolute atomic E-state index is 12.4. The lowest BCUT2D eigenvalue weighted by atomic mass is 10.0. The Kier molecular flexibility index (Phi) is 51.3. The molecule has 0 rings (SSSR count). The van der Waals surface area contributed by atoms with E-state index in [0.717, 1.165) is 51.4 Å². The Hall–Kier alpha value is -2.17. The van der Waals surface area contributed by atoms with Gasteiger partial charge in [-0.25, -0.2) is 0 Å². The Bertz CT molecular complexity index is 1070. The van der Waals surface area contributed by atoms with Crippen LogP contribution in [0.3, 0.4) is 0 Å². The van der Waals surface area contributed by atoms with Gasteiger partial charge >= 0.3 is 0 Å². The van der Waals surface area contributed by atoms with Crippen molar-refractivity contribution in [1.29, 1.82) is 0 Å². The summed E-state index contributed by atoms with van der Waals surface area (Å²) >= 11 is 0. The molecule has 0 saturated carbocycles.